The van der Waals surface area contributed by atoms with Crippen molar-refractivity contribution in [3.8, 4) is 17.2 Å². The van der Waals surface area contributed by atoms with Crippen LogP contribution in [0.2, 0.25) is 5.02 Å². The summed E-state index contributed by atoms with van der Waals surface area (Å²) in [7, 11) is 4.90. The minimum Gasteiger partial charge on any atom is -0.497 e. The van der Waals surface area contributed by atoms with Gasteiger partial charge in [0.2, 0.25) is 0 Å². The highest BCUT2D eigenvalue weighted by atomic mass is 79.9. The SMILES string of the molecule is COc1ccc(OC)c(C(Br)c2ccc(Cl)cc2OC)c1. The van der Waals surface area contributed by atoms with Crippen LogP contribution in [0.5, 0.6) is 17.2 Å². The Balaban J connectivity index is 2.50. The first-order chi connectivity index (χ1) is 10.1. The number of alkyl halides is 1. The van der Waals surface area contributed by atoms with Crippen molar-refractivity contribution in [2.24, 2.45) is 0 Å². The summed E-state index contributed by atoms with van der Waals surface area (Å²) in [5.74, 6) is 2.26. The van der Waals surface area contributed by atoms with Crippen molar-refractivity contribution in [2.45, 2.75) is 4.83 Å². The first-order valence-electron chi connectivity index (χ1n) is 6.30. The molecular weight excluding hydrogens is 356 g/mol. The lowest BCUT2D eigenvalue weighted by Crippen LogP contribution is -2.00. The van der Waals surface area contributed by atoms with E-state index in [4.69, 9.17) is 25.8 Å². The van der Waals surface area contributed by atoms with Gasteiger partial charge in [0, 0.05) is 16.1 Å². The lowest BCUT2D eigenvalue weighted by molar-refractivity contribution is 0.397. The van der Waals surface area contributed by atoms with Crippen LogP contribution >= 0.6 is 27.5 Å². The number of halogens is 2. The summed E-state index contributed by atoms with van der Waals surface area (Å²) in [6, 6.07) is 11.2. The van der Waals surface area contributed by atoms with Gasteiger partial charge < -0.3 is 14.2 Å². The summed E-state index contributed by atoms with van der Waals surface area (Å²) in [6.07, 6.45) is 0. The van der Waals surface area contributed by atoms with Crippen molar-refractivity contribution in [2.75, 3.05) is 21.3 Å². The van der Waals surface area contributed by atoms with Crippen LogP contribution in [0.4, 0.5) is 0 Å². The largest absolute Gasteiger partial charge is 0.497 e. The normalized spacial score (nSPS) is 11.9. The fourth-order valence-corrected chi connectivity index (χ4v) is 3.00. The van der Waals surface area contributed by atoms with Crippen molar-refractivity contribution in [1.29, 1.82) is 0 Å². The number of hydrogen-bond acceptors (Lipinski definition) is 3. The van der Waals surface area contributed by atoms with Crippen LogP contribution in [0.25, 0.3) is 0 Å². The highest BCUT2D eigenvalue weighted by Crippen LogP contribution is 2.42. The van der Waals surface area contributed by atoms with E-state index in [0.717, 1.165) is 22.6 Å². The summed E-state index contributed by atoms with van der Waals surface area (Å²) in [5.41, 5.74) is 1.92. The molecule has 21 heavy (non-hydrogen) atoms. The number of benzene rings is 2. The van der Waals surface area contributed by atoms with Gasteiger partial charge >= 0.3 is 0 Å². The molecule has 0 amide bonds. The summed E-state index contributed by atoms with van der Waals surface area (Å²) < 4.78 is 16.1. The second kappa shape index (κ2) is 7.05. The number of ether oxygens (including phenoxy) is 3. The molecule has 2 rings (SSSR count). The maximum atomic E-state index is 6.01. The van der Waals surface area contributed by atoms with Gasteiger partial charge in [-0.25, -0.2) is 0 Å². The second-order valence-electron chi connectivity index (χ2n) is 4.36. The minimum absolute atomic E-state index is 0.102. The molecule has 0 N–H and O–H groups in total. The van der Waals surface area contributed by atoms with Crippen molar-refractivity contribution in [3.63, 3.8) is 0 Å². The van der Waals surface area contributed by atoms with Crippen LogP contribution in [0.15, 0.2) is 36.4 Å². The molecule has 0 aliphatic rings. The van der Waals surface area contributed by atoms with Crippen LogP contribution in [0, 0.1) is 0 Å². The average Bonchev–Trinajstić information content (AvgIpc) is 2.53. The molecule has 0 saturated heterocycles. The van der Waals surface area contributed by atoms with E-state index < -0.39 is 0 Å². The van der Waals surface area contributed by atoms with Crippen LogP contribution < -0.4 is 14.2 Å². The van der Waals surface area contributed by atoms with Crippen molar-refractivity contribution >= 4 is 27.5 Å². The Labute approximate surface area is 137 Å². The predicted octanol–water partition coefficient (Wildman–Crippen LogP) is 4.85. The summed E-state index contributed by atoms with van der Waals surface area (Å²) in [4.78, 5) is -0.102. The minimum atomic E-state index is -0.102. The summed E-state index contributed by atoms with van der Waals surface area (Å²) >= 11 is 9.72. The fraction of sp³-hybridized carbons (Fsp3) is 0.250. The van der Waals surface area contributed by atoms with E-state index in [9.17, 15) is 0 Å². The molecule has 0 bridgehead atoms. The smallest absolute Gasteiger partial charge is 0.125 e. The predicted molar refractivity (Wildman–Crippen MR) is 88.3 cm³/mol. The molecule has 0 radical (unpaired) electrons. The van der Waals surface area contributed by atoms with Crippen LogP contribution in [-0.4, -0.2) is 21.3 Å². The maximum absolute atomic E-state index is 6.01. The van der Waals surface area contributed by atoms with E-state index in [1.807, 2.05) is 30.3 Å². The Bertz CT molecular complexity index is 631. The standard InChI is InChI=1S/C16H16BrClO3/c1-19-11-5-7-14(20-2)13(9-11)16(17)12-6-4-10(18)8-15(12)21-3/h4-9,16H,1-3H3. The molecule has 0 saturated carbocycles. The van der Waals surface area contributed by atoms with Gasteiger partial charge in [-0.3, -0.25) is 0 Å². The molecule has 2 aromatic carbocycles. The topological polar surface area (TPSA) is 27.7 Å². The van der Waals surface area contributed by atoms with E-state index in [-0.39, 0.29) is 4.83 Å². The van der Waals surface area contributed by atoms with E-state index in [2.05, 4.69) is 15.9 Å². The Morgan fingerprint density at radius 2 is 1.57 bits per heavy atom. The molecule has 5 heteroatoms. The van der Waals surface area contributed by atoms with E-state index >= 15 is 0 Å². The molecule has 0 aliphatic heterocycles. The molecule has 0 fully saturated rings. The molecule has 3 nitrogen and oxygen atoms in total. The monoisotopic (exact) mass is 370 g/mol. The van der Waals surface area contributed by atoms with Gasteiger partial charge in [-0.2, -0.15) is 0 Å². The molecule has 0 aliphatic carbocycles. The van der Waals surface area contributed by atoms with Crippen molar-refractivity contribution in [3.05, 3.63) is 52.5 Å². The van der Waals surface area contributed by atoms with Gasteiger partial charge in [0.05, 0.1) is 26.2 Å². The lowest BCUT2D eigenvalue weighted by atomic mass is 10.0. The lowest BCUT2D eigenvalue weighted by Gasteiger charge is -2.18. The van der Waals surface area contributed by atoms with Gasteiger partial charge in [0.25, 0.3) is 0 Å². The van der Waals surface area contributed by atoms with Gasteiger partial charge in [0.15, 0.2) is 0 Å². The zero-order valence-electron chi connectivity index (χ0n) is 12.0. The number of methoxy groups -OCH3 is 3. The van der Waals surface area contributed by atoms with E-state index in [0.29, 0.717) is 10.8 Å². The Morgan fingerprint density at radius 1 is 0.857 bits per heavy atom. The van der Waals surface area contributed by atoms with Gasteiger partial charge in [0.1, 0.15) is 17.2 Å². The third-order valence-corrected chi connectivity index (χ3v) is 4.40. The van der Waals surface area contributed by atoms with Crippen LogP contribution in [0.1, 0.15) is 16.0 Å². The first-order valence-corrected chi connectivity index (χ1v) is 7.59. The zero-order valence-corrected chi connectivity index (χ0v) is 14.4. The fourth-order valence-electron chi connectivity index (χ4n) is 2.10. The summed E-state index contributed by atoms with van der Waals surface area (Å²) in [6.45, 7) is 0. The number of rotatable bonds is 5. The molecule has 1 unspecified atom stereocenters. The summed E-state index contributed by atoms with van der Waals surface area (Å²) in [5, 5.41) is 0.632. The van der Waals surface area contributed by atoms with Crippen LogP contribution in [0.3, 0.4) is 0 Å². The Morgan fingerprint density at radius 3 is 2.19 bits per heavy atom. The highest BCUT2D eigenvalue weighted by Gasteiger charge is 2.20. The molecule has 0 heterocycles. The van der Waals surface area contributed by atoms with E-state index in [1.54, 1.807) is 27.4 Å². The first kappa shape index (κ1) is 16.0. The van der Waals surface area contributed by atoms with Gasteiger partial charge in [-0.1, -0.05) is 33.6 Å². The zero-order chi connectivity index (χ0) is 15.4. The van der Waals surface area contributed by atoms with Crippen LogP contribution in [-0.2, 0) is 0 Å². The molecule has 0 spiro atoms. The number of hydrogen-bond donors (Lipinski definition) is 0. The molecular formula is C16H16BrClO3. The van der Waals surface area contributed by atoms with Crippen molar-refractivity contribution in [1.82, 2.24) is 0 Å². The third kappa shape index (κ3) is 3.44. The van der Waals surface area contributed by atoms with Gasteiger partial charge in [-0.05, 0) is 30.3 Å². The maximum Gasteiger partial charge on any atom is 0.125 e. The molecule has 2 aromatic rings. The second-order valence-corrected chi connectivity index (χ2v) is 5.71. The molecule has 112 valence electrons. The third-order valence-electron chi connectivity index (χ3n) is 3.18. The van der Waals surface area contributed by atoms with E-state index in [1.165, 1.54) is 0 Å². The van der Waals surface area contributed by atoms with Gasteiger partial charge in [-0.15, -0.1) is 0 Å². The average molecular weight is 372 g/mol. The molecule has 0 aromatic heterocycles. The quantitative estimate of drug-likeness (QED) is 0.703. The molecule has 1 atom stereocenters. The van der Waals surface area contributed by atoms with Crippen molar-refractivity contribution < 1.29 is 14.2 Å². The highest BCUT2D eigenvalue weighted by molar-refractivity contribution is 9.09. The Hall–Kier alpha value is -1.39. The Kier molecular flexibility index (Phi) is 5.37.